The second-order valence-corrected chi connectivity index (χ2v) is 7.51. The summed E-state index contributed by atoms with van der Waals surface area (Å²) in [5, 5.41) is 10.8. The van der Waals surface area contributed by atoms with Crippen molar-refractivity contribution in [3.63, 3.8) is 0 Å². The number of nitrogens with zero attached hydrogens (tertiary/aromatic N) is 1. The summed E-state index contributed by atoms with van der Waals surface area (Å²) < 4.78 is 0. The first-order valence-electron chi connectivity index (χ1n) is 8.15. The molecule has 2 heteroatoms. The van der Waals surface area contributed by atoms with Crippen molar-refractivity contribution in [3.05, 3.63) is 35.4 Å². The van der Waals surface area contributed by atoms with Crippen LogP contribution in [0, 0.1) is 11.8 Å². The third-order valence-electron chi connectivity index (χ3n) is 5.77. The van der Waals surface area contributed by atoms with Crippen LogP contribution in [0.5, 0.6) is 0 Å². The Bertz CT molecular complexity index is 510. The lowest BCUT2D eigenvalue weighted by Gasteiger charge is -2.40. The van der Waals surface area contributed by atoms with Crippen molar-refractivity contribution < 1.29 is 5.11 Å². The number of fused-ring (bicyclic) bond motifs is 4. The number of likely N-dealkylation sites (tertiary alicyclic amines) is 1. The molecule has 20 heavy (non-hydrogen) atoms. The SMILES string of the molecule is CC12CCN(CC3CC3)CC(C1)C(O)c1ccccc12. The van der Waals surface area contributed by atoms with Crippen molar-refractivity contribution in [1.29, 1.82) is 0 Å². The van der Waals surface area contributed by atoms with Gasteiger partial charge in [-0.1, -0.05) is 31.2 Å². The molecule has 1 aliphatic heterocycles. The van der Waals surface area contributed by atoms with Crippen LogP contribution in [0.25, 0.3) is 0 Å². The van der Waals surface area contributed by atoms with Gasteiger partial charge in [0.05, 0.1) is 6.10 Å². The Morgan fingerprint density at radius 1 is 1.30 bits per heavy atom. The monoisotopic (exact) mass is 271 g/mol. The van der Waals surface area contributed by atoms with Crippen LogP contribution in [0.1, 0.15) is 49.8 Å². The predicted octanol–water partition coefficient (Wildman–Crippen LogP) is 3.11. The number of hydrogen-bond acceptors (Lipinski definition) is 2. The zero-order valence-corrected chi connectivity index (χ0v) is 12.4. The van der Waals surface area contributed by atoms with Gasteiger partial charge in [-0.3, -0.25) is 0 Å². The summed E-state index contributed by atoms with van der Waals surface area (Å²) in [6.07, 6.45) is 4.95. The van der Waals surface area contributed by atoms with E-state index >= 15 is 0 Å². The summed E-state index contributed by atoms with van der Waals surface area (Å²) in [4.78, 5) is 2.63. The van der Waals surface area contributed by atoms with Crippen molar-refractivity contribution in [2.24, 2.45) is 11.8 Å². The first kappa shape index (κ1) is 12.8. The smallest absolute Gasteiger partial charge is 0.0833 e. The van der Waals surface area contributed by atoms with Crippen molar-refractivity contribution in [1.82, 2.24) is 4.90 Å². The van der Waals surface area contributed by atoms with Crippen LogP contribution >= 0.6 is 0 Å². The third-order valence-corrected chi connectivity index (χ3v) is 5.77. The summed E-state index contributed by atoms with van der Waals surface area (Å²) in [5.74, 6) is 1.36. The number of rotatable bonds is 2. The highest BCUT2D eigenvalue weighted by molar-refractivity contribution is 5.39. The minimum absolute atomic E-state index is 0.263. The molecule has 0 spiro atoms. The Hall–Kier alpha value is -0.860. The highest BCUT2D eigenvalue weighted by Crippen LogP contribution is 2.49. The Balaban J connectivity index is 1.66. The van der Waals surface area contributed by atoms with E-state index in [0.29, 0.717) is 5.92 Å². The first-order chi connectivity index (χ1) is 9.66. The van der Waals surface area contributed by atoms with Gasteiger partial charge in [-0.25, -0.2) is 0 Å². The van der Waals surface area contributed by atoms with E-state index in [9.17, 15) is 5.11 Å². The molecule has 2 nitrogen and oxygen atoms in total. The minimum Gasteiger partial charge on any atom is -0.388 e. The molecular weight excluding hydrogens is 246 g/mol. The van der Waals surface area contributed by atoms with Crippen LogP contribution < -0.4 is 0 Å². The van der Waals surface area contributed by atoms with Crippen LogP contribution in [0.3, 0.4) is 0 Å². The molecule has 1 saturated heterocycles. The highest BCUT2D eigenvalue weighted by Gasteiger charge is 2.44. The zero-order valence-electron chi connectivity index (χ0n) is 12.4. The van der Waals surface area contributed by atoms with Gasteiger partial charge in [0.2, 0.25) is 0 Å². The maximum Gasteiger partial charge on any atom is 0.0833 e. The van der Waals surface area contributed by atoms with Crippen LogP contribution in [0.15, 0.2) is 24.3 Å². The van der Waals surface area contributed by atoms with Gasteiger partial charge in [-0.15, -0.1) is 0 Å². The second kappa shape index (κ2) is 4.57. The van der Waals surface area contributed by atoms with Gasteiger partial charge >= 0.3 is 0 Å². The van der Waals surface area contributed by atoms with Crippen molar-refractivity contribution in [2.75, 3.05) is 19.6 Å². The van der Waals surface area contributed by atoms with E-state index in [-0.39, 0.29) is 11.5 Å². The fourth-order valence-corrected chi connectivity index (χ4v) is 4.42. The number of aliphatic hydroxyl groups excluding tert-OH is 1. The summed E-state index contributed by atoms with van der Waals surface area (Å²) in [5.41, 5.74) is 2.86. The van der Waals surface area contributed by atoms with Gasteiger partial charge < -0.3 is 10.0 Å². The van der Waals surface area contributed by atoms with Gasteiger partial charge in [0.1, 0.15) is 0 Å². The normalized spacial score (nSPS) is 37.3. The highest BCUT2D eigenvalue weighted by atomic mass is 16.3. The maximum absolute atomic E-state index is 10.8. The van der Waals surface area contributed by atoms with E-state index in [1.165, 1.54) is 43.5 Å². The predicted molar refractivity (Wildman–Crippen MR) is 80.6 cm³/mol. The quantitative estimate of drug-likeness (QED) is 0.893. The molecule has 4 rings (SSSR count). The molecule has 2 bridgehead atoms. The van der Waals surface area contributed by atoms with E-state index in [2.05, 4.69) is 36.1 Å². The standard InChI is InChI=1S/C18H25NO/c1-18-8-9-19(11-13-6-7-13)12-14(10-18)17(20)15-4-2-3-5-16(15)18/h2-5,13-14,17,20H,6-12H2,1H3. The van der Waals surface area contributed by atoms with Crippen LogP contribution in [-0.4, -0.2) is 29.6 Å². The molecule has 0 amide bonds. The summed E-state index contributed by atoms with van der Waals surface area (Å²) in [6, 6.07) is 8.58. The van der Waals surface area contributed by atoms with Crippen molar-refractivity contribution in [2.45, 2.75) is 44.1 Å². The molecule has 2 fully saturated rings. The molecule has 2 aliphatic carbocycles. The molecule has 3 atom stereocenters. The lowest BCUT2D eigenvalue weighted by Crippen LogP contribution is -2.36. The summed E-state index contributed by atoms with van der Waals surface area (Å²) >= 11 is 0. The van der Waals surface area contributed by atoms with E-state index in [4.69, 9.17) is 0 Å². The van der Waals surface area contributed by atoms with Crippen molar-refractivity contribution in [3.8, 4) is 0 Å². The Morgan fingerprint density at radius 3 is 2.90 bits per heavy atom. The number of aliphatic hydroxyl groups is 1. The van der Waals surface area contributed by atoms with Gasteiger partial charge in [0.15, 0.2) is 0 Å². The summed E-state index contributed by atoms with van der Waals surface area (Å²) in [7, 11) is 0. The molecule has 1 aromatic rings. The number of hydrogen-bond donors (Lipinski definition) is 1. The topological polar surface area (TPSA) is 23.5 Å². The fraction of sp³-hybridized carbons (Fsp3) is 0.667. The van der Waals surface area contributed by atoms with Gasteiger partial charge in [-0.2, -0.15) is 0 Å². The number of benzene rings is 1. The van der Waals surface area contributed by atoms with Gasteiger partial charge in [-0.05, 0) is 54.7 Å². The molecule has 3 unspecified atom stereocenters. The fourth-order valence-electron chi connectivity index (χ4n) is 4.42. The van der Waals surface area contributed by atoms with E-state index in [1.807, 2.05) is 0 Å². The molecule has 0 radical (unpaired) electrons. The molecule has 108 valence electrons. The molecule has 1 heterocycles. The first-order valence-corrected chi connectivity index (χ1v) is 8.15. The van der Waals surface area contributed by atoms with Crippen LogP contribution in [0.4, 0.5) is 0 Å². The van der Waals surface area contributed by atoms with Gasteiger partial charge in [0, 0.05) is 19.0 Å². The van der Waals surface area contributed by atoms with Gasteiger partial charge in [0.25, 0.3) is 0 Å². The molecule has 1 saturated carbocycles. The third kappa shape index (κ3) is 2.10. The lowest BCUT2D eigenvalue weighted by molar-refractivity contribution is 0.0630. The molecule has 1 N–H and O–H groups in total. The van der Waals surface area contributed by atoms with Crippen LogP contribution in [0.2, 0.25) is 0 Å². The minimum atomic E-state index is -0.265. The zero-order chi connectivity index (χ0) is 13.7. The molecular formula is C18H25NO. The van der Waals surface area contributed by atoms with E-state index in [1.54, 1.807) is 0 Å². The maximum atomic E-state index is 10.8. The average Bonchev–Trinajstić information content (AvgIpc) is 3.27. The van der Waals surface area contributed by atoms with Crippen LogP contribution in [-0.2, 0) is 5.41 Å². The Labute approximate surface area is 121 Å². The molecule has 0 aromatic heterocycles. The second-order valence-electron chi connectivity index (χ2n) is 7.51. The Kier molecular flexibility index (Phi) is 2.94. The van der Waals surface area contributed by atoms with E-state index in [0.717, 1.165) is 18.9 Å². The Morgan fingerprint density at radius 2 is 2.10 bits per heavy atom. The lowest BCUT2D eigenvalue weighted by atomic mass is 9.65. The average molecular weight is 271 g/mol. The largest absolute Gasteiger partial charge is 0.388 e. The van der Waals surface area contributed by atoms with Crippen molar-refractivity contribution >= 4 is 0 Å². The summed E-state index contributed by atoms with van der Waals surface area (Å²) in [6.45, 7) is 5.95. The molecule has 1 aromatic carbocycles. The van der Waals surface area contributed by atoms with E-state index < -0.39 is 0 Å². The molecule has 3 aliphatic rings.